The zero-order chi connectivity index (χ0) is 5.91. The summed E-state index contributed by atoms with van der Waals surface area (Å²) in [5, 5.41) is 0. The maximum Gasteiger partial charge on any atom is 0.129 e. The van der Waals surface area contributed by atoms with E-state index < -0.39 is 0 Å². The fourth-order valence-electron chi connectivity index (χ4n) is 0.306. The number of hydrogen-bond acceptors (Lipinski definition) is 1. The molecule has 0 bridgehead atoms. The fraction of sp³-hybridized carbons (Fsp3) is 0.833. The standard InChI is InChI=1S/C6H12O/c1-5-7-6(2,3)4/h1-4H3. The van der Waals surface area contributed by atoms with Crippen LogP contribution >= 0.6 is 0 Å². The molecule has 0 atom stereocenters. The summed E-state index contributed by atoms with van der Waals surface area (Å²) in [7, 11) is 0. The Morgan fingerprint density at radius 2 is 1.71 bits per heavy atom. The molecule has 1 heteroatoms. The monoisotopic (exact) mass is 100 g/mol. The minimum atomic E-state index is -0.0608. The molecule has 42 valence electrons. The van der Waals surface area contributed by atoms with Crippen molar-refractivity contribution < 1.29 is 4.74 Å². The summed E-state index contributed by atoms with van der Waals surface area (Å²) < 4.78 is 4.98. The lowest BCUT2D eigenvalue weighted by molar-refractivity contribution is 0.0459. The minimum absolute atomic E-state index is 0.0608. The Bertz CT molecular complexity index is 42.6. The second kappa shape index (κ2) is 2.31. The van der Waals surface area contributed by atoms with Gasteiger partial charge < -0.3 is 4.74 Å². The van der Waals surface area contributed by atoms with E-state index in [2.05, 4.69) is 6.61 Å². The van der Waals surface area contributed by atoms with Gasteiger partial charge in [0.15, 0.2) is 0 Å². The van der Waals surface area contributed by atoms with Crippen LogP contribution in [0.2, 0.25) is 0 Å². The first-order chi connectivity index (χ1) is 3.06. The van der Waals surface area contributed by atoms with Gasteiger partial charge in [-0.25, -0.2) is 0 Å². The topological polar surface area (TPSA) is 9.23 Å². The average molecular weight is 100 g/mol. The summed E-state index contributed by atoms with van der Waals surface area (Å²) in [4.78, 5) is 0. The molecule has 0 saturated carbocycles. The third-order valence-corrected chi connectivity index (χ3v) is 0.408. The average Bonchev–Trinajstić information content (AvgIpc) is 1.30. The first kappa shape index (κ1) is 6.96. The highest BCUT2D eigenvalue weighted by Gasteiger charge is 2.07. The van der Waals surface area contributed by atoms with Crippen LogP contribution in [0.3, 0.4) is 0 Å². The molecule has 0 spiro atoms. The molecule has 0 amide bonds. The Hall–Kier alpha value is -0.0400. The van der Waals surface area contributed by atoms with E-state index in [-0.39, 0.29) is 5.60 Å². The Kier molecular flexibility index (Phi) is 2.30. The fourth-order valence-corrected chi connectivity index (χ4v) is 0.306. The number of ether oxygens (including phenoxy) is 1. The zero-order valence-corrected chi connectivity index (χ0v) is 5.41. The predicted octanol–water partition coefficient (Wildman–Crippen LogP) is 1.86. The molecule has 0 saturated heterocycles. The summed E-state index contributed by atoms with van der Waals surface area (Å²) in [5.74, 6) is 0. The SMILES string of the molecule is C[C]OC(C)(C)C. The Morgan fingerprint density at radius 3 is 1.71 bits per heavy atom. The predicted molar refractivity (Wildman–Crippen MR) is 29.8 cm³/mol. The Morgan fingerprint density at radius 1 is 1.29 bits per heavy atom. The lowest BCUT2D eigenvalue weighted by Crippen LogP contribution is -2.16. The third-order valence-electron chi connectivity index (χ3n) is 0.408. The molecule has 7 heavy (non-hydrogen) atoms. The molecule has 0 N–H and O–H groups in total. The molecule has 2 radical (unpaired) electrons. The van der Waals surface area contributed by atoms with E-state index in [9.17, 15) is 0 Å². The normalized spacial score (nSPS) is 12.0. The van der Waals surface area contributed by atoms with Crippen molar-refractivity contribution in [2.24, 2.45) is 0 Å². The van der Waals surface area contributed by atoms with E-state index in [1.165, 1.54) is 0 Å². The molecule has 1 nitrogen and oxygen atoms in total. The summed E-state index contributed by atoms with van der Waals surface area (Å²) in [6, 6.07) is 0. The van der Waals surface area contributed by atoms with Gasteiger partial charge in [-0.05, 0) is 27.7 Å². The molecule has 0 aliphatic rings. The smallest absolute Gasteiger partial charge is 0.129 e. The highest BCUT2D eigenvalue weighted by molar-refractivity contribution is 4.59. The molecule has 0 unspecified atom stereocenters. The number of rotatable bonds is 1. The van der Waals surface area contributed by atoms with Crippen LogP contribution in [0, 0.1) is 6.61 Å². The summed E-state index contributed by atoms with van der Waals surface area (Å²) in [5.41, 5.74) is -0.0608. The Labute approximate surface area is 45.7 Å². The van der Waals surface area contributed by atoms with E-state index >= 15 is 0 Å². The van der Waals surface area contributed by atoms with Crippen LogP contribution < -0.4 is 0 Å². The van der Waals surface area contributed by atoms with E-state index in [0.29, 0.717) is 0 Å². The second-order valence-electron chi connectivity index (χ2n) is 2.42. The molecular formula is C6H12O. The van der Waals surface area contributed by atoms with Gasteiger partial charge in [-0.15, -0.1) is 0 Å². The van der Waals surface area contributed by atoms with Crippen LogP contribution in [0.4, 0.5) is 0 Å². The molecular weight excluding hydrogens is 88.1 g/mol. The van der Waals surface area contributed by atoms with Crippen LogP contribution in [0.25, 0.3) is 0 Å². The zero-order valence-electron chi connectivity index (χ0n) is 5.41. The highest BCUT2D eigenvalue weighted by Crippen LogP contribution is 2.06. The van der Waals surface area contributed by atoms with Crippen molar-refractivity contribution in [2.75, 3.05) is 0 Å². The van der Waals surface area contributed by atoms with E-state index in [4.69, 9.17) is 4.74 Å². The summed E-state index contributed by atoms with van der Waals surface area (Å²) in [6.45, 7) is 10.3. The maximum absolute atomic E-state index is 4.98. The van der Waals surface area contributed by atoms with Crippen LogP contribution in [-0.4, -0.2) is 5.60 Å². The van der Waals surface area contributed by atoms with Crippen molar-refractivity contribution in [1.82, 2.24) is 0 Å². The van der Waals surface area contributed by atoms with Gasteiger partial charge in [0.25, 0.3) is 0 Å². The van der Waals surface area contributed by atoms with Crippen molar-refractivity contribution in [3.63, 3.8) is 0 Å². The Balaban J connectivity index is 3.15. The van der Waals surface area contributed by atoms with Gasteiger partial charge >= 0.3 is 0 Å². The molecule has 0 heterocycles. The van der Waals surface area contributed by atoms with Crippen LogP contribution in [0.5, 0.6) is 0 Å². The van der Waals surface area contributed by atoms with Crippen LogP contribution in [0.1, 0.15) is 27.7 Å². The van der Waals surface area contributed by atoms with Crippen molar-refractivity contribution in [3.05, 3.63) is 6.61 Å². The molecule has 0 rings (SSSR count). The molecule has 0 aromatic rings. The molecule has 0 aromatic heterocycles. The third kappa shape index (κ3) is 5.96. The lowest BCUT2D eigenvalue weighted by Gasteiger charge is -2.16. The van der Waals surface area contributed by atoms with Crippen molar-refractivity contribution >= 4 is 0 Å². The van der Waals surface area contributed by atoms with Crippen molar-refractivity contribution in [2.45, 2.75) is 33.3 Å². The van der Waals surface area contributed by atoms with Crippen molar-refractivity contribution in [3.8, 4) is 0 Å². The molecule has 0 aliphatic heterocycles. The number of hydrogen-bond donors (Lipinski definition) is 0. The van der Waals surface area contributed by atoms with Gasteiger partial charge in [0.1, 0.15) is 6.61 Å². The van der Waals surface area contributed by atoms with Gasteiger partial charge in [-0.2, -0.15) is 0 Å². The molecule has 0 fully saturated rings. The highest BCUT2D eigenvalue weighted by atomic mass is 16.5. The minimum Gasteiger partial charge on any atom is -0.363 e. The van der Waals surface area contributed by atoms with E-state index in [1.54, 1.807) is 6.92 Å². The largest absolute Gasteiger partial charge is 0.363 e. The second-order valence-corrected chi connectivity index (χ2v) is 2.42. The summed E-state index contributed by atoms with van der Waals surface area (Å²) >= 11 is 0. The van der Waals surface area contributed by atoms with Gasteiger partial charge in [-0.3, -0.25) is 0 Å². The quantitative estimate of drug-likeness (QED) is 0.488. The first-order valence-electron chi connectivity index (χ1n) is 2.41. The molecule has 0 aromatic carbocycles. The maximum atomic E-state index is 4.98. The van der Waals surface area contributed by atoms with Crippen molar-refractivity contribution in [1.29, 1.82) is 0 Å². The van der Waals surface area contributed by atoms with Crippen LogP contribution in [-0.2, 0) is 4.74 Å². The van der Waals surface area contributed by atoms with E-state index in [1.807, 2.05) is 20.8 Å². The van der Waals surface area contributed by atoms with Gasteiger partial charge in [0.05, 0.1) is 5.60 Å². The van der Waals surface area contributed by atoms with E-state index in [0.717, 1.165) is 0 Å². The van der Waals surface area contributed by atoms with Gasteiger partial charge in [0, 0.05) is 0 Å². The van der Waals surface area contributed by atoms with Gasteiger partial charge in [-0.1, -0.05) is 0 Å². The van der Waals surface area contributed by atoms with Crippen LogP contribution in [0.15, 0.2) is 0 Å². The van der Waals surface area contributed by atoms with Gasteiger partial charge in [0.2, 0.25) is 0 Å². The summed E-state index contributed by atoms with van der Waals surface area (Å²) in [6.07, 6.45) is 0. The molecule has 0 aliphatic carbocycles. The lowest BCUT2D eigenvalue weighted by atomic mass is 10.2. The first-order valence-corrected chi connectivity index (χ1v) is 2.41.